The van der Waals surface area contributed by atoms with Crippen LogP contribution in [0, 0.1) is 5.92 Å². The molecule has 1 amide bonds. The molecule has 5 rings (SSSR count). The molecule has 162 valence electrons. The highest BCUT2D eigenvalue weighted by Gasteiger charge is 2.39. The van der Waals surface area contributed by atoms with Gasteiger partial charge in [-0.05, 0) is 49.9 Å². The molecule has 0 atom stereocenters. The van der Waals surface area contributed by atoms with Crippen molar-refractivity contribution in [3.63, 3.8) is 0 Å². The van der Waals surface area contributed by atoms with Crippen LogP contribution in [-0.4, -0.2) is 61.0 Å². The largest absolute Gasteiger partial charge is 0.497 e. The van der Waals surface area contributed by atoms with Crippen molar-refractivity contribution in [1.29, 1.82) is 0 Å². The Bertz CT molecular complexity index is 1170. The molecule has 0 spiro atoms. The van der Waals surface area contributed by atoms with Crippen molar-refractivity contribution in [2.24, 2.45) is 5.92 Å². The number of amides is 1. The minimum atomic E-state index is -1.04. The summed E-state index contributed by atoms with van der Waals surface area (Å²) in [6, 6.07) is 7.33. The van der Waals surface area contributed by atoms with Gasteiger partial charge in [-0.15, -0.1) is 0 Å². The molecule has 1 aliphatic heterocycles. The van der Waals surface area contributed by atoms with Gasteiger partial charge in [0.15, 0.2) is 5.65 Å². The molecule has 1 saturated heterocycles. The molecule has 2 fully saturated rings. The summed E-state index contributed by atoms with van der Waals surface area (Å²) in [7, 11) is 1.60. The molecular formula is C22H25N5O4. The zero-order valence-corrected chi connectivity index (χ0v) is 17.4. The molecule has 31 heavy (non-hydrogen) atoms. The molecule has 0 unspecified atom stereocenters. The van der Waals surface area contributed by atoms with E-state index >= 15 is 0 Å². The van der Waals surface area contributed by atoms with Gasteiger partial charge in [0.1, 0.15) is 17.5 Å². The number of piperidine rings is 1. The number of aromatic nitrogens is 4. The topological polar surface area (TPSA) is 102 Å². The summed E-state index contributed by atoms with van der Waals surface area (Å²) in [6.45, 7) is 1.19. The highest BCUT2D eigenvalue weighted by atomic mass is 16.5. The smallest absolute Gasteiger partial charge is 0.264 e. The second kappa shape index (κ2) is 7.49. The highest BCUT2D eigenvalue weighted by Crippen LogP contribution is 2.33. The van der Waals surface area contributed by atoms with Gasteiger partial charge in [-0.2, -0.15) is 5.10 Å². The highest BCUT2D eigenvalue weighted by molar-refractivity contribution is 5.81. The van der Waals surface area contributed by atoms with Gasteiger partial charge < -0.3 is 14.7 Å². The lowest BCUT2D eigenvalue weighted by Gasteiger charge is -2.38. The molecule has 1 N–H and O–H groups in total. The summed E-state index contributed by atoms with van der Waals surface area (Å²) in [5.41, 5.74) is -0.0457. The summed E-state index contributed by atoms with van der Waals surface area (Å²) in [5.74, 6) is 1.12. The first-order chi connectivity index (χ1) is 15.0. The van der Waals surface area contributed by atoms with Crippen LogP contribution < -0.4 is 10.3 Å². The second-order valence-electron chi connectivity index (χ2n) is 8.49. The average molecular weight is 423 g/mol. The van der Waals surface area contributed by atoms with Gasteiger partial charge in [0, 0.05) is 19.0 Å². The van der Waals surface area contributed by atoms with E-state index in [9.17, 15) is 14.7 Å². The SMILES string of the molecule is COc1ccc(-n2ncc3c(=O)n(CC4(O)CCN(C(=O)C5CC5)CC4)cnc32)cc1. The number of likely N-dealkylation sites (tertiary alicyclic amines) is 1. The number of nitrogens with zero attached hydrogens (tertiary/aromatic N) is 5. The van der Waals surface area contributed by atoms with Gasteiger partial charge in [0.25, 0.3) is 5.56 Å². The quantitative estimate of drug-likeness (QED) is 0.665. The fraction of sp³-hybridized carbons (Fsp3) is 0.455. The van der Waals surface area contributed by atoms with Crippen LogP contribution in [0.1, 0.15) is 25.7 Å². The predicted molar refractivity (Wildman–Crippen MR) is 113 cm³/mol. The number of hydrogen-bond acceptors (Lipinski definition) is 6. The van der Waals surface area contributed by atoms with E-state index in [4.69, 9.17) is 4.74 Å². The Morgan fingerprint density at radius 2 is 1.94 bits per heavy atom. The molecule has 1 aliphatic carbocycles. The Kier molecular flexibility index (Phi) is 4.77. The van der Waals surface area contributed by atoms with Crippen LogP contribution in [0.25, 0.3) is 16.7 Å². The first-order valence-electron chi connectivity index (χ1n) is 10.6. The average Bonchev–Trinajstić information content (AvgIpc) is 3.55. The van der Waals surface area contributed by atoms with Gasteiger partial charge in [0.05, 0.1) is 31.1 Å². The van der Waals surface area contributed by atoms with E-state index in [1.165, 1.54) is 17.1 Å². The fourth-order valence-electron chi connectivity index (χ4n) is 4.18. The first-order valence-corrected chi connectivity index (χ1v) is 10.6. The van der Waals surface area contributed by atoms with Gasteiger partial charge in [-0.25, -0.2) is 9.67 Å². The molecule has 1 saturated carbocycles. The van der Waals surface area contributed by atoms with Crippen molar-refractivity contribution < 1.29 is 14.6 Å². The standard InChI is InChI=1S/C22H25N5O4/c1-31-17-6-4-16(5-7-17)27-19-18(12-24-27)21(29)26(14-23-19)13-22(30)8-10-25(11-9-22)20(28)15-2-3-15/h4-7,12,14-15,30H,2-3,8-11,13H2,1H3. The zero-order chi connectivity index (χ0) is 21.6. The molecule has 9 nitrogen and oxygen atoms in total. The number of fused-ring (bicyclic) bond motifs is 1. The zero-order valence-electron chi connectivity index (χ0n) is 17.4. The van der Waals surface area contributed by atoms with E-state index in [1.807, 2.05) is 29.2 Å². The lowest BCUT2D eigenvalue weighted by Crippen LogP contribution is -2.50. The van der Waals surface area contributed by atoms with E-state index < -0.39 is 5.60 Å². The number of methoxy groups -OCH3 is 1. The molecule has 9 heteroatoms. The number of hydrogen-bond donors (Lipinski definition) is 1. The number of rotatable bonds is 5. The van der Waals surface area contributed by atoms with Crippen molar-refractivity contribution in [3.8, 4) is 11.4 Å². The Labute approximate surface area is 178 Å². The van der Waals surface area contributed by atoms with Crippen molar-refractivity contribution in [2.45, 2.75) is 37.8 Å². The van der Waals surface area contributed by atoms with Crippen LogP contribution >= 0.6 is 0 Å². The van der Waals surface area contributed by atoms with Crippen molar-refractivity contribution in [2.75, 3.05) is 20.2 Å². The molecule has 1 aromatic carbocycles. The van der Waals surface area contributed by atoms with Gasteiger partial charge in [0.2, 0.25) is 5.91 Å². The number of carbonyl (C=O) groups is 1. The summed E-state index contributed by atoms with van der Waals surface area (Å²) < 4.78 is 8.23. The molecule has 0 radical (unpaired) electrons. The second-order valence-corrected chi connectivity index (χ2v) is 8.49. The number of ether oxygens (including phenoxy) is 1. The van der Waals surface area contributed by atoms with Gasteiger partial charge >= 0.3 is 0 Å². The Hall–Kier alpha value is -3.20. The third-order valence-corrected chi connectivity index (χ3v) is 6.27. The summed E-state index contributed by atoms with van der Waals surface area (Å²) in [6.07, 6.45) is 5.82. The number of benzene rings is 1. The van der Waals surface area contributed by atoms with Gasteiger partial charge in [-0.1, -0.05) is 0 Å². The Morgan fingerprint density at radius 3 is 2.58 bits per heavy atom. The summed E-state index contributed by atoms with van der Waals surface area (Å²) in [5, 5.41) is 15.8. The third-order valence-electron chi connectivity index (χ3n) is 6.27. The van der Waals surface area contributed by atoms with Crippen LogP contribution in [0.4, 0.5) is 0 Å². The summed E-state index contributed by atoms with van der Waals surface area (Å²) >= 11 is 0. The molecule has 0 bridgehead atoms. The van der Waals surface area contributed by atoms with Crippen LogP contribution in [0.2, 0.25) is 0 Å². The lowest BCUT2D eigenvalue weighted by molar-refractivity contribution is -0.137. The molecule has 2 aliphatic rings. The first kappa shape index (κ1) is 19.7. The normalized spacial score (nSPS) is 18.3. The van der Waals surface area contributed by atoms with E-state index in [1.54, 1.807) is 11.8 Å². The lowest BCUT2D eigenvalue weighted by atomic mass is 9.91. The van der Waals surface area contributed by atoms with Crippen LogP contribution in [-0.2, 0) is 11.3 Å². The maximum Gasteiger partial charge on any atom is 0.264 e. The molecule has 3 heterocycles. The molecule has 3 aromatic rings. The molecular weight excluding hydrogens is 398 g/mol. The van der Waals surface area contributed by atoms with E-state index in [0.717, 1.165) is 24.3 Å². The minimum Gasteiger partial charge on any atom is -0.497 e. The van der Waals surface area contributed by atoms with E-state index in [-0.39, 0.29) is 23.9 Å². The maximum atomic E-state index is 13.0. The van der Waals surface area contributed by atoms with Crippen molar-refractivity contribution in [1.82, 2.24) is 24.2 Å². The number of carbonyl (C=O) groups excluding carboxylic acids is 1. The Morgan fingerprint density at radius 1 is 1.23 bits per heavy atom. The van der Waals surface area contributed by atoms with Crippen LogP contribution in [0.5, 0.6) is 5.75 Å². The maximum absolute atomic E-state index is 13.0. The summed E-state index contributed by atoms with van der Waals surface area (Å²) in [4.78, 5) is 31.6. The monoisotopic (exact) mass is 423 g/mol. The van der Waals surface area contributed by atoms with Crippen LogP contribution in [0.15, 0.2) is 41.6 Å². The fourth-order valence-corrected chi connectivity index (χ4v) is 4.18. The minimum absolute atomic E-state index is 0.147. The van der Waals surface area contributed by atoms with E-state index in [0.29, 0.717) is 37.0 Å². The van der Waals surface area contributed by atoms with Crippen LogP contribution in [0.3, 0.4) is 0 Å². The van der Waals surface area contributed by atoms with E-state index in [2.05, 4.69) is 10.1 Å². The van der Waals surface area contributed by atoms with Crippen molar-refractivity contribution >= 4 is 16.9 Å². The third kappa shape index (κ3) is 3.69. The number of aliphatic hydroxyl groups is 1. The predicted octanol–water partition coefficient (Wildman–Crippen LogP) is 1.35. The van der Waals surface area contributed by atoms with Crippen molar-refractivity contribution in [3.05, 3.63) is 47.1 Å². The molecule has 2 aromatic heterocycles. The Balaban J connectivity index is 1.35. The van der Waals surface area contributed by atoms with Gasteiger partial charge in [-0.3, -0.25) is 14.2 Å².